The molecule has 1 aromatic rings. The second kappa shape index (κ2) is 8.32. The minimum absolute atomic E-state index is 0.0609. The summed E-state index contributed by atoms with van der Waals surface area (Å²) < 4.78 is 11.5. The maximum Gasteiger partial charge on any atom is 0.142 e. The molecule has 0 spiro atoms. The van der Waals surface area contributed by atoms with Crippen molar-refractivity contribution in [1.29, 1.82) is 0 Å². The summed E-state index contributed by atoms with van der Waals surface area (Å²) in [5.74, 6) is 0.819. The van der Waals surface area contributed by atoms with Crippen molar-refractivity contribution in [3.05, 3.63) is 24.0 Å². The molecule has 1 aliphatic heterocycles. The molecule has 0 radical (unpaired) electrons. The zero-order valence-corrected chi connectivity index (χ0v) is 13.3. The van der Waals surface area contributed by atoms with Gasteiger partial charge in [0, 0.05) is 19.3 Å². The number of hydrogen-bond acceptors (Lipinski definition) is 5. The van der Waals surface area contributed by atoms with Gasteiger partial charge in [-0.3, -0.25) is 9.88 Å². The third-order valence-corrected chi connectivity index (χ3v) is 3.83. The molecule has 0 saturated carbocycles. The van der Waals surface area contributed by atoms with Gasteiger partial charge in [0.2, 0.25) is 0 Å². The number of rotatable bonds is 7. The highest BCUT2D eigenvalue weighted by atomic mass is 16.5. The number of nitrogens with one attached hydrogen (secondary N) is 1. The topological polar surface area (TPSA) is 46.6 Å². The van der Waals surface area contributed by atoms with Crippen molar-refractivity contribution in [3.8, 4) is 5.75 Å². The van der Waals surface area contributed by atoms with Gasteiger partial charge in [-0.25, -0.2) is 0 Å². The van der Waals surface area contributed by atoms with Crippen LogP contribution >= 0.6 is 0 Å². The zero-order chi connectivity index (χ0) is 15.1. The highest BCUT2D eigenvalue weighted by Crippen LogP contribution is 2.28. The van der Waals surface area contributed by atoms with Crippen molar-refractivity contribution in [3.63, 3.8) is 0 Å². The van der Waals surface area contributed by atoms with Crippen molar-refractivity contribution in [2.24, 2.45) is 0 Å². The van der Waals surface area contributed by atoms with Crippen LogP contribution in [0.4, 0.5) is 0 Å². The molecule has 1 fully saturated rings. The van der Waals surface area contributed by atoms with Crippen molar-refractivity contribution < 1.29 is 9.47 Å². The van der Waals surface area contributed by atoms with Gasteiger partial charge in [-0.1, -0.05) is 13.8 Å². The van der Waals surface area contributed by atoms with Gasteiger partial charge in [-0.05, 0) is 31.6 Å². The number of hydrogen-bond donors (Lipinski definition) is 1. The molecule has 0 aromatic carbocycles. The summed E-state index contributed by atoms with van der Waals surface area (Å²) in [4.78, 5) is 6.99. The Morgan fingerprint density at radius 3 is 3.10 bits per heavy atom. The smallest absolute Gasteiger partial charge is 0.142 e. The first kappa shape index (κ1) is 16.2. The van der Waals surface area contributed by atoms with Gasteiger partial charge in [0.15, 0.2) is 0 Å². The molecule has 21 heavy (non-hydrogen) atoms. The molecule has 5 nitrogen and oxygen atoms in total. The van der Waals surface area contributed by atoms with E-state index in [-0.39, 0.29) is 12.1 Å². The molecule has 0 aliphatic carbocycles. The van der Waals surface area contributed by atoms with Crippen molar-refractivity contribution >= 4 is 0 Å². The molecule has 1 aliphatic rings. The maximum absolute atomic E-state index is 6.02. The second-order valence-electron chi connectivity index (χ2n) is 5.34. The Labute approximate surface area is 127 Å². The van der Waals surface area contributed by atoms with Gasteiger partial charge in [0.1, 0.15) is 11.4 Å². The SMILES string of the molecule is CCCN1CCOC(C(NCC)c2ncccc2OC)C1. The van der Waals surface area contributed by atoms with E-state index in [0.717, 1.165) is 44.2 Å². The van der Waals surface area contributed by atoms with E-state index in [4.69, 9.17) is 9.47 Å². The molecule has 0 amide bonds. The summed E-state index contributed by atoms with van der Waals surface area (Å²) in [7, 11) is 1.69. The van der Waals surface area contributed by atoms with Crippen LogP contribution in [-0.2, 0) is 4.74 Å². The minimum Gasteiger partial charge on any atom is -0.495 e. The number of aromatic nitrogens is 1. The summed E-state index contributed by atoms with van der Waals surface area (Å²) in [5, 5.41) is 3.51. The molecule has 2 rings (SSSR count). The number of ether oxygens (including phenoxy) is 2. The van der Waals surface area contributed by atoms with E-state index >= 15 is 0 Å². The van der Waals surface area contributed by atoms with E-state index in [1.807, 2.05) is 18.3 Å². The van der Waals surface area contributed by atoms with Crippen LogP contribution < -0.4 is 10.1 Å². The first-order valence-electron chi connectivity index (χ1n) is 7.86. The number of morpholine rings is 1. The average Bonchev–Trinajstić information content (AvgIpc) is 2.53. The van der Waals surface area contributed by atoms with E-state index in [1.54, 1.807) is 7.11 Å². The molecule has 118 valence electrons. The lowest BCUT2D eigenvalue weighted by Gasteiger charge is -2.37. The first-order chi connectivity index (χ1) is 10.3. The number of methoxy groups -OCH3 is 1. The van der Waals surface area contributed by atoms with Crippen molar-refractivity contribution in [1.82, 2.24) is 15.2 Å². The van der Waals surface area contributed by atoms with Crippen molar-refractivity contribution in [2.45, 2.75) is 32.4 Å². The first-order valence-corrected chi connectivity index (χ1v) is 7.86. The molecule has 2 heterocycles. The summed E-state index contributed by atoms with van der Waals surface area (Å²) >= 11 is 0. The lowest BCUT2D eigenvalue weighted by molar-refractivity contribution is -0.0478. The van der Waals surface area contributed by atoms with Crippen LogP contribution in [-0.4, -0.2) is 55.9 Å². The van der Waals surface area contributed by atoms with E-state index in [0.29, 0.717) is 0 Å². The molecule has 2 atom stereocenters. The van der Waals surface area contributed by atoms with E-state index in [2.05, 4.69) is 29.0 Å². The molecular weight excluding hydrogens is 266 g/mol. The van der Waals surface area contributed by atoms with E-state index in [9.17, 15) is 0 Å². The summed E-state index contributed by atoms with van der Waals surface area (Å²) in [6.07, 6.45) is 3.09. The highest BCUT2D eigenvalue weighted by Gasteiger charge is 2.31. The fraction of sp³-hybridized carbons (Fsp3) is 0.688. The third-order valence-electron chi connectivity index (χ3n) is 3.83. The second-order valence-corrected chi connectivity index (χ2v) is 5.34. The Kier molecular flexibility index (Phi) is 6.42. The Morgan fingerprint density at radius 2 is 2.38 bits per heavy atom. The highest BCUT2D eigenvalue weighted by molar-refractivity contribution is 5.30. The van der Waals surface area contributed by atoms with E-state index in [1.165, 1.54) is 6.42 Å². The molecule has 1 saturated heterocycles. The van der Waals surface area contributed by atoms with Crippen LogP contribution in [0.2, 0.25) is 0 Å². The minimum atomic E-state index is 0.0609. The normalized spacial score (nSPS) is 21.2. The Bertz CT molecular complexity index is 426. The molecule has 1 aromatic heterocycles. The fourth-order valence-electron chi connectivity index (χ4n) is 2.89. The number of nitrogens with zero attached hydrogens (tertiary/aromatic N) is 2. The fourth-order valence-corrected chi connectivity index (χ4v) is 2.89. The molecule has 1 N–H and O–H groups in total. The number of likely N-dealkylation sites (N-methyl/N-ethyl adjacent to an activating group) is 1. The van der Waals surface area contributed by atoms with Gasteiger partial charge in [-0.15, -0.1) is 0 Å². The van der Waals surface area contributed by atoms with Crippen LogP contribution in [0, 0.1) is 0 Å². The van der Waals surface area contributed by atoms with Crippen molar-refractivity contribution in [2.75, 3.05) is 39.9 Å². The largest absolute Gasteiger partial charge is 0.495 e. The predicted octanol–water partition coefficient (Wildman–Crippen LogP) is 1.85. The van der Waals surface area contributed by atoms with Crippen LogP contribution in [0.25, 0.3) is 0 Å². The van der Waals surface area contributed by atoms with Gasteiger partial charge >= 0.3 is 0 Å². The van der Waals surface area contributed by atoms with Gasteiger partial charge < -0.3 is 14.8 Å². The summed E-state index contributed by atoms with van der Waals surface area (Å²) in [6.45, 7) is 9.05. The van der Waals surface area contributed by atoms with E-state index < -0.39 is 0 Å². The van der Waals surface area contributed by atoms with Crippen LogP contribution in [0.3, 0.4) is 0 Å². The lowest BCUT2D eigenvalue weighted by atomic mass is 10.0. The summed E-state index contributed by atoms with van der Waals surface area (Å²) in [5.41, 5.74) is 0.935. The molecular formula is C16H27N3O2. The number of pyridine rings is 1. The standard InChI is InChI=1S/C16H27N3O2/c1-4-9-19-10-11-21-14(12-19)16(17-5-2)15-13(20-3)7-6-8-18-15/h6-8,14,16-17H,4-5,9-12H2,1-3H3. The van der Waals surface area contributed by atoms with Gasteiger partial charge in [0.05, 0.1) is 25.9 Å². The Morgan fingerprint density at radius 1 is 1.52 bits per heavy atom. The molecule has 2 unspecified atom stereocenters. The third kappa shape index (κ3) is 4.15. The van der Waals surface area contributed by atoms with Crippen LogP contribution in [0.15, 0.2) is 18.3 Å². The molecule has 5 heteroatoms. The van der Waals surface area contributed by atoms with Gasteiger partial charge in [0.25, 0.3) is 0 Å². The lowest BCUT2D eigenvalue weighted by Crippen LogP contribution is -2.48. The Balaban J connectivity index is 2.17. The quantitative estimate of drug-likeness (QED) is 0.831. The zero-order valence-electron chi connectivity index (χ0n) is 13.3. The average molecular weight is 293 g/mol. The van der Waals surface area contributed by atoms with Gasteiger partial charge in [-0.2, -0.15) is 0 Å². The monoisotopic (exact) mass is 293 g/mol. The van der Waals surface area contributed by atoms with Crippen LogP contribution in [0.5, 0.6) is 5.75 Å². The van der Waals surface area contributed by atoms with Crippen LogP contribution in [0.1, 0.15) is 32.0 Å². The summed E-state index contributed by atoms with van der Waals surface area (Å²) in [6, 6.07) is 3.92. The predicted molar refractivity (Wildman–Crippen MR) is 83.7 cm³/mol. The maximum atomic E-state index is 6.02. The Hall–Kier alpha value is -1.17. The molecule has 0 bridgehead atoms.